The Morgan fingerprint density at radius 2 is 1.70 bits per heavy atom. The van der Waals surface area contributed by atoms with Gasteiger partial charge in [-0.25, -0.2) is 0 Å². The van der Waals surface area contributed by atoms with Crippen molar-refractivity contribution in [1.29, 1.82) is 0 Å². The van der Waals surface area contributed by atoms with Crippen molar-refractivity contribution in [2.45, 2.75) is 13.1 Å². The normalized spacial score (nSPS) is 19.9. The minimum atomic E-state index is -4.72. The van der Waals surface area contributed by atoms with Crippen molar-refractivity contribution in [2.75, 3.05) is 0 Å². The maximum atomic E-state index is 12.6. The van der Waals surface area contributed by atoms with Crippen molar-refractivity contribution in [3.8, 4) is 0 Å². The number of nitrogens with one attached hydrogen (secondary N) is 2. The molecule has 0 radical (unpaired) electrons. The van der Waals surface area contributed by atoms with Crippen LogP contribution in [0.15, 0.2) is 34.8 Å². The molecule has 0 aromatic heterocycles. The molecule has 2 aliphatic rings. The summed E-state index contributed by atoms with van der Waals surface area (Å²) < 4.78 is 42.5. The first-order valence-electron chi connectivity index (χ1n) is 5.24. The summed E-state index contributed by atoms with van der Waals surface area (Å²) in [7, 11) is 0. The molecule has 2 rings (SSSR count). The molecule has 0 spiro atoms. The van der Waals surface area contributed by atoms with Crippen LogP contribution >= 0.6 is 12.2 Å². The third-order valence-electron chi connectivity index (χ3n) is 2.39. The zero-order chi connectivity index (χ0) is 15.1. The van der Waals surface area contributed by atoms with Crippen LogP contribution in [0.5, 0.6) is 0 Å². The summed E-state index contributed by atoms with van der Waals surface area (Å²) in [5.41, 5.74) is -0.651. The van der Waals surface area contributed by atoms with Gasteiger partial charge in [0.25, 0.3) is 11.8 Å². The quantitative estimate of drug-likeness (QED) is 0.401. The third-order valence-corrected chi connectivity index (χ3v) is 2.60. The highest BCUT2D eigenvalue weighted by atomic mass is 32.1. The fourth-order valence-corrected chi connectivity index (χ4v) is 1.83. The summed E-state index contributed by atoms with van der Waals surface area (Å²) in [5.74, 6) is -3.11. The Hall–Kier alpha value is -2.16. The number of carbonyl (C=O) groups excluding carboxylic acids is 2. The van der Waals surface area contributed by atoms with E-state index in [4.69, 9.17) is 0 Å². The highest BCUT2D eigenvalue weighted by molar-refractivity contribution is 7.80. The van der Waals surface area contributed by atoms with Crippen molar-refractivity contribution in [3.05, 3.63) is 34.8 Å². The van der Waals surface area contributed by atoms with Crippen molar-refractivity contribution in [1.82, 2.24) is 10.6 Å². The number of ether oxygens (including phenoxy) is 1. The predicted octanol–water partition coefficient (Wildman–Crippen LogP) is 1.19. The van der Waals surface area contributed by atoms with Gasteiger partial charge in [-0.05, 0) is 36.9 Å². The Morgan fingerprint density at radius 3 is 2.20 bits per heavy atom. The predicted molar refractivity (Wildman–Crippen MR) is 64.9 cm³/mol. The highest BCUT2D eigenvalue weighted by Crippen LogP contribution is 2.33. The number of amides is 2. The smallest absolute Gasteiger partial charge is 0.449 e. The minimum absolute atomic E-state index is 0.0870. The number of halogens is 3. The lowest BCUT2D eigenvalue weighted by Gasteiger charge is -2.21. The SMILES string of the molecule is CC1=CC(=C2C(=O)NC(=S)NC2=O)C=C(C(F)(F)F)O1. The van der Waals surface area contributed by atoms with Crippen LogP contribution < -0.4 is 10.6 Å². The molecule has 5 nitrogen and oxygen atoms in total. The molecule has 2 N–H and O–H groups in total. The molecule has 20 heavy (non-hydrogen) atoms. The lowest BCUT2D eigenvalue weighted by Crippen LogP contribution is -2.51. The molecule has 0 unspecified atom stereocenters. The Bertz CT molecular complexity index is 595. The van der Waals surface area contributed by atoms with Gasteiger partial charge in [0.1, 0.15) is 11.3 Å². The van der Waals surface area contributed by atoms with Crippen LogP contribution in [0.2, 0.25) is 0 Å². The fraction of sp³-hybridized carbons (Fsp3) is 0.182. The molecule has 0 atom stereocenters. The van der Waals surface area contributed by atoms with Crippen molar-refractivity contribution >= 4 is 29.1 Å². The monoisotopic (exact) mass is 304 g/mol. The molecule has 2 heterocycles. The minimum Gasteiger partial charge on any atom is -0.457 e. The molecule has 106 valence electrons. The van der Waals surface area contributed by atoms with Gasteiger partial charge in [0.15, 0.2) is 5.11 Å². The van der Waals surface area contributed by atoms with E-state index in [1.54, 1.807) is 0 Å². The van der Waals surface area contributed by atoms with Crippen LogP contribution in [0.4, 0.5) is 13.2 Å². The van der Waals surface area contributed by atoms with E-state index in [0.717, 1.165) is 6.08 Å². The Morgan fingerprint density at radius 1 is 1.15 bits per heavy atom. The number of rotatable bonds is 0. The van der Waals surface area contributed by atoms with E-state index >= 15 is 0 Å². The number of hydrogen-bond acceptors (Lipinski definition) is 4. The lowest BCUT2D eigenvalue weighted by molar-refractivity contribution is -0.126. The molecule has 0 bridgehead atoms. The summed E-state index contributed by atoms with van der Waals surface area (Å²) in [6, 6.07) is 0. The van der Waals surface area contributed by atoms with Gasteiger partial charge in [-0.1, -0.05) is 0 Å². The van der Waals surface area contributed by atoms with Gasteiger partial charge < -0.3 is 4.74 Å². The van der Waals surface area contributed by atoms with Crippen LogP contribution in [-0.4, -0.2) is 23.1 Å². The summed E-state index contributed by atoms with van der Waals surface area (Å²) in [4.78, 5) is 23.4. The highest BCUT2D eigenvalue weighted by Gasteiger charge is 2.39. The largest absolute Gasteiger partial charge is 0.457 e. The van der Waals surface area contributed by atoms with Gasteiger partial charge in [0, 0.05) is 0 Å². The van der Waals surface area contributed by atoms with Crippen molar-refractivity contribution < 1.29 is 27.5 Å². The molecule has 9 heteroatoms. The van der Waals surface area contributed by atoms with Crippen LogP contribution in [0.25, 0.3) is 0 Å². The summed E-state index contributed by atoms with van der Waals surface area (Å²) in [6.07, 6.45) is -2.97. The van der Waals surface area contributed by atoms with Gasteiger partial charge in [-0.3, -0.25) is 20.2 Å². The molecule has 2 amide bonds. The number of allylic oxidation sites excluding steroid dienone is 5. The third kappa shape index (κ3) is 2.72. The van der Waals surface area contributed by atoms with Gasteiger partial charge in [0.05, 0.1) is 0 Å². The molecule has 0 saturated carbocycles. The molecular formula is C11H7F3N2O3S. The maximum absolute atomic E-state index is 12.6. The topological polar surface area (TPSA) is 67.4 Å². The maximum Gasteiger partial charge on any atom is 0.449 e. The van der Waals surface area contributed by atoms with Gasteiger partial charge in [-0.15, -0.1) is 0 Å². The van der Waals surface area contributed by atoms with Crippen molar-refractivity contribution in [3.63, 3.8) is 0 Å². The average molecular weight is 304 g/mol. The summed E-state index contributed by atoms with van der Waals surface area (Å²) in [6.45, 7) is 1.28. The van der Waals surface area contributed by atoms with Crippen LogP contribution in [0.3, 0.4) is 0 Å². The lowest BCUT2D eigenvalue weighted by atomic mass is 10.0. The molecule has 0 aliphatic carbocycles. The molecule has 0 aromatic rings. The van der Waals surface area contributed by atoms with E-state index in [-0.39, 0.29) is 16.4 Å². The fourth-order valence-electron chi connectivity index (χ4n) is 1.65. The Balaban J connectivity index is 2.53. The molecule has 0 aromatic carbocycles. The van der Waals surface area contributed by atoms with Gasteiger partial charge in [0.2, 0.25) is 5.76 Å². The zero-order valence-electron chi connectivity index (χ0n) is 9.92. The molecule has 2 aliphatic heterocycles. The first kappa shape index (κ1) is 14.3. The van der Waals surface area contributed by atoms with E-state index < -0.39 is 29.3 Å². The van der Waals surface area contributed by atoms with Gasteiger partial charge >= 0.3 is 6.18 Å². The molecule has 1 saturated heterocycles. The van der Waals surface area contributed by atoms with E-state index in [9.17, 15) is 22.8 Å². The number of carbonyl (C=O) groups is 2. The average Bonchev–Trinajstić information content (AvgIpc) is 2.25. The van der Waals surface area contributed by atoms with Crippen molar-refractivity contribution in [2.24, 2.45) is 0 Å². The molecule has 1 fully saturated rings. The molecular weight excluding hydrogens is 297 g/mol. The first-order valence-corrected chi connectivity index (χ1v) is 5.65. The first-order chi connectivity index (χ1) is 9.18. The second kappa shape index (κ2) is 4.75. The Kier molecular flexibility index (Phi) is 3.38. The second-order valence-electron chi connectivity index (χ2n) is 3.93. The van der Waals surface area contributed by atoms with Crippen LogP contribution in [-0.2, 0) is 14.3 Å². The van der Waals surface area contributed by atoms with E-state index in [2.05, 4.69) is 27.6 Å². The van der Waals surface area contributed by atoms with Gasteiger partial charge in [-0.2, -0.15) is 13.2 Å². The second-order valence-corrected chi connectivity index (χ2v) is 4.34. The number of alkyl halides is 3. The van der Waals surface area contributed by atoms with E-state index in [0.29, 0.717) is 6.08 Å². The number of thiocarbonyl (C=S) groups is 1. The Labute approximate surface area is 116 Å². The summed E-state index contributed by atoms with van der Waals surface area (Å²) >= 11 is 4.60. The van der Waals surface area contributed by atoms with Crippen LogP contribution in [0, 0.1) is 0 Å². The number of hydrogen-bond donors (Lipinski definition) is 2. The zero-order valence-corrected chi connectivity index (χ0v) is 10.7. The van der Waals surface area contributed by atoms with E-state index in [1.807, 2.05) is 0 Å². The van der Waals surface area contributed by atoms with E-state index in [1.165, 1.54) is 6.92 Å². The standard InChI is InChI=1S/C11H7F3N2O3S/c1-4-2-5(3-6(19-4)11(12,13)14)7-8(17)15-10(20)16-9(7)18/h2-3H,1H3,(H2,15,16,17,18,20). The van der Waals surface area contributed by atoms with Crippen LogP contribution in [0.1, 0.15) is 6.92 Å². The summed E-state index contributed by atoms with van der Waals surface area (Å²) in [5, 5.41) is 4.10.